The molecule has 0 spiro atoms. The van der Waals surface area contributed by atoms with Gasteiger partial charge in [0.2, 0.25) is 5.91 Å². The maximum atomic E-state index is 13.2. The number of fused-ring (bicyclic) bond motifs is 3. The molecule has 170 valence electrons. The molecule has 2 aromatic carbocycles. The molecule has 1 atom stereocenters. The summed E-state index contributed by atoms with van der Waals surface area (Å²) in [6.45, 7) is 7.58. The predicted octanol–water partition coefficient (Wildman–Crippen LogP) is 5.23. The van der Waals surface area contributed by atoms with Gasteiger partial charge in [0.25, 0.3) is 0 Å². The average molecular weight is 437 g/mol. The van der Waals surface area contributed by atoms with Gasteiger partial charge in [0.15, 0.2) is 0 Å². The van der Waals surface area contributed by atoms with Crippen LogP contribution in [0.5, 0.6) is 0 Å². The SMILES string of the molecule is CN(CC1CCCN(C(=O)Cc2coc3ccc4ccccc4c23)C1)C(=O)OC(C)(C)C. The minimum atomic E-state index is -0.516. The second kappa shape index (κ2) is 8.85. The van der Waals surface area contributed by atoms with E-state index in [1.165, 1.54) is 0 Å². The van der Waals surface area contributed by atoms with Crippen LogP contribution in [-0.2, 0) is 16.0 Å². The Morgan fingerprint density at radius 1 is 1.19 bits per heavy atom. The van der Waals surface area contributed by atoms with Gasteiger partial charge in [-0.2, -0.15) is 0 Å². The normalized spacial score (nSPS) is 17.0. The van der Waals surface area contributed by atoms with Crippen LogP contribution in [0, 0.1) is 5.92 Å². The topological polar surface area (TPSA) is 63.0 Å². The van der Waals surface area contributed by atoms with E-state index in [1.807, 2.05) is 49.9 Å². The first-order chi connectivity index (χ1) is 15.2. The summed E-state index contributed by atoms with van der Waals surface area (Å²) in [4.78, 5) is 29.0. The molecule has 1 fully saturated rings. The molecule has 1 aliphatic heterocycles. The van der Waals surface area contributed by atoms with Crippen molar-refractivity contribution in [3.8, 4) is 0 Å². The van der Waals surface area contributed by atoms with Gasteiger partial charge < -0.3 is 19.0 Å². The van der Waals surface area contributed by atoms with Crippen molar-refractivity contribution in [3.63, 3.8) is 0 Å². The number of hydrogen-bond donors (Lipinski definition) is 0. The fourth-order valence-electron chi connectivity index (χ4n) is 4.52. The predicted molar refractivity (Wildman–Crippen MR) is 126 cm³/mol. The first-order valence-corrected chi connectivity index (χ1v) is 11.3. The van der Waals surface area contributed by atoms with Gasteiger partial charge in [-0.25, -0.2) is 4.79 Å². The Morgan fingerprint density at radius 2 is 1.97 bits per heavy atom. The first kappa shape index (κ1) is 22.2. The van der Waals surface area contributed by atoms with Crippen molar-refractivity contribution in [2.45, 2.75) is 45.6 Å². The van der Waals surface area contributed by atoms with Crippen LogP contribution in [0.1, 0.15) is 39.2 Å². The van der Waals surface area contributed by atoms with Crippen molar-refractivity contribution >= 4 is 33.7 Å². The lowest BCUT2D eigenvalue weighted by Gasteiger charge is -2.35. The van der Waals surface area contributed by atoms with Gasteiger partial charge in [-0.05, 0) is 56.4 Å². The number of nitrogens with zero attached hydrogens (tertiary/aromatic N) is 2. The van der Waals surface area contributed by atoms with Gasteiger partial charge >= 0.3 is 6.09 Å². The number of benzene rings is 2. The van der Waals surface area contributed by atoms with Crippen LogP contribution < -0.4 is 0 Å². The zero-order valence-corrected chi connectivity index (χ0v) is 19.4. The second-order valence-electron chi connectivity index (χ2n) is 9.81. The van der Waals surface area contributed by atoms with E-state index in [0.717, 1.165) is 46.7 Å². The molecule has 0 N–H and O–H groups in total. The lowest BCUT2D eigenvalue weighted by atomic mass is 9.96. The quantitative estimate of drug-likeness (QED) is 0.562. The molecule has 0 saturated carbocycles. The summed E-state index contributed by atoms with van der Waals surface area (Å²) in [5.41, 5.74) is 1.22. The van der Waals surface area contributed by atoms with E-state index in [1.54, 1.807) is 18.2 Å². The first-order valence-electron chi connectivity index (χ1n) is 11.3. The number of carbonyl (C=O) groups excluding carboxylic acids is 2. The minimum Gasteiger partial charge on any atom is -0.464 e. The Balaban J connectivity index is 1.43. The molecule has 0 radical (unpaired) electrons. The Labute approximate surface area is 189 Å². The van der Waals surface area contributed by atoms with Crippen LogP contribution in [0.15, 0.2) is 47.1 Å². The van der Waals surface area contributed by atoms with Gasteiger partial charge in [-0.3, -0.25) is 4.79 Å². The number of furan rings is 1. The highest BCUT2D eigenvalue weighted by Gasteiger charge is 2.28. The Morgan fingerprint density at radius 3 is 2.75 bits per heavy atom. The van der Waals surface area contributed by atoms with Gasteiger partial charge in [-0.15, -0.1) is 0 Å². The van der Waals surface area contributed by atoms with Crippen LogP contribution in [0.2, 0.25) is 0 Å². The number of amides is 2. The molecule has 4 rings (SSSR count). The van der Waals surface area contributed by atoms with E-state index in [-0.39, 0.29) is 17.9 Å². The number of carbonyl (C=O) groups is 2. The lowest BCUT2D eigenvalue weighted by Crippen LogP contribution is -2.45. The minimum absolute atomic E-state index is 0.102. The summed E-state index contributed by atoms with van der Waals surface area (Å²) >= 11 is 0. The molecule has 3 aromatic rings. The fraction of sp³-hybridized carbons (Fsp3) is 0.462. The lowest BCUT2D eigenvalue weighted by molar-refractivity contribution is -0.132. The number of rotatable bonds is 4. The largest absolute Gasteiger partial charge is 0.464 e. The third kappa shape index (κ3) is 4.90. The second-order valence-corrected chi connectivity index (χ2v) is 9.81. The number of hydrogen-bond acceptors (Lipinski definition) is 4. The Hall–Kier alpha value is -3.02. The van der Waals surface area contributed by atoms with Gasteiger partial charge in [-0.1, -0.05) is 30.3 Å². The van der Waals surface area contributed by atoms with Crippen molar-refractivity contribution in [1.82, 2.24) is 9.80 Å². The fourth-order valence-corrected chi connectivity index (χ4v) is 4.52. The van der Waals surface area contributed by atoms with Gasteiger partial charge in [0.1, 0.15) is 11.2 Å². The van der Waals surface area contributed by atoms with E-state index in [4.69, 9.17) is 9.15 Å². The summed E-state index contributed by atoms with van der Waals surface area (Å²) in [5.74, 6) is 0.345. The summed E-state index contributed by atoms with van der Waals surface area (Å²) in [6, 6.07) is 12.2. The standard InChI is InChI=1S/C26H32N2O4/c1-26(2,3)32-25(30)27(4)15-18-8-7-13-28(16-18)23(29)14-20-17-31-22-12-11-19-9-5-6-10-21(19)24(20)22/h5-6,9-12,17-18H,7-8,13-16H2,1-4H3. The van der Waals surface area contributed by atoms with Crippen molar-refractivity contribution in [2.75, 3.05) is 26.7 Å². The maximum Gasteiger partial charge on any atom is 0.410 e. The van der Waals surface area contributed by atoms with Crippen LogP contribution in [0.4, 0.5) is 4.79 Å². The molecular formula is C26H32N2O4. The molecule has 32 heavy (non-hydrogen) atoms. The van der Waals surface area contributed by atoms with E-state index in [9.17, 15) is 9.59 Å². The van der Waals surface area contributed by atoms with Crippen molar-refractivity contribution in [2.24, 2.45) is 5.92 Å². The summed E-state index contributed by atoms with van der Waals surface area (Å²) < 4.78 is 11.2. The maximum absolute atomic E-state index is 13.2. The molecule has 1 saturated heterocycles. The van der Waals surface area contributed by atoms with Crippen molar-refractivity contribution in [1.29, 1.82) is 0 Å². The van der Waals surface area contributed by atoms with Crippen LogP contribution >= 0.6 is 0 Å². The molecule has 6 heteroatoms. The molecule has 6 nitrogen and oxygen atoms in total. The number of ether oxygens (including phenoxy) is 1. The van der Waals surface area contributed by atoms with E-state index < -0.39 is 5.60 Å². The Kier molecular flexibility index (Phi) is 6.13. The van der Waals surface area contributed by atoms with Gasteiger partial charge in [0.05, 0.1) is 12.7 Å². The smallest absolute Gasteiger partial charge is 0.410 e. The highest BCUT2D eigenvalue weighted by Crippen LogP contribution is 2.30. The van der Waals surface area contributed by atoms with E-state index in [0.29, 0.717) is 19.5 Å². The van der Waals surface area contributed by atoms with Crippen molar-refractivity contribution < 1.29 is 18.7 Å². The highest BCUT2D eigenvalue weighted by atomic mass is 16.6. The average Bonchev–Trinajstić information content (AvgIpc) is 3.16. The molecule has 2 heterocycles. The summed E-state index contributed by atoms with van der Waals surface area (Å²) in [6.07, 6.45) is 3.64. The highest BCUT2D eigenvalue weighted by molar-refractivity contribution is 6.08. The molecular weight excluding hydrogens is 404 g/mol. The zero-order chi connectivity index (χ0) is 22.9. The molecule has 1 unspecified atom stereocenters. The van der Waals surface area contributed by atoms with Crippen LogP contribution in [0.25, 0.3) is 21.7 Å². The summed E-state index contributed by atoms with van der Waals surface area (Å²) in [7, 11) is 1.76. The zero-order valence-electron chi connectivity index (χ0n) is 19.4. The number of piperidine rings is 1. The van der Waals surface area contributed by atoms with E-state index >= 15 is 0 Å². The number of likely N-dealkylation sites (tertiary alicyclic amines) is 1. The third-order valence-corrected chi connectivity index (χ3v) is 5.99. The van der Waals surface area contributed by atoms with Crippen LogP contribution in [0.3, 0.4) is 0 Å². The van der Waals surface area contributed by atoms with Crippen LogP contribution in [-0.4, -0.2) is 54.1 Å². The summed E-state index contributed by atoms with van der Waals surface area (Å²) in [5, 5.41) is 3.27. The van der Waals surface area contributed by atoms with Crippen molar-refractivity contribution in [3.05, 3.63) is 48.2 Å². The molecule has 0 bridgehead atoms. The van der Waals surface area contributed by atoms with E-state index in [2.05, 4.69) is 12.1 Å². The molecule has 2 amide bonds. The molecule has 1 aromatic heterocycles. The molecule has 0 aliphatic carbocycles. The molecule has 1 aliphatic rings. The third-order valence-electron chi connectivity index (χ3n) is 5.99. The van der Waals surface area contributed by atoms with Gasteiger partial charge in [0, 0.05) is 37.6 Å². The monoisotopic (exact) mass is 436 g/mol. The Bertz CT molecular complexity index is 1130.